The molecule has 2 aromatic rings. The number of alkyl halides is 2. The maximum Gasteiger partial charge on any atom is 0.333 e. The molecule has 1 fully saturated rings. The molecule has 3 N–H and O–H groups in total. The number of anilines is 2. The SMILES string of the molecule is CN[C@@H]1CCN(c2cc(-c3cn(C(F)F)nc3C)nc(N)n2)C1.Cl.Cl. The van der Waals surface area contributed by atoms with E-state index in [0.29, 0.717) is 33.5 Å². The summed E-state index contributed by atoms with van der Waals surface area (Å²) in [6.07, 6.45) is 2.30. The molecule has 0 amide bonds. The molecule has 1 aliphatic rings. The van der Waals surface area contributed by atoms with Gasteiger partial charge in [-0.2, -0.15) is 18.9 Å². The van der Waals surface area contributed by atoms with E-state index in [2.05, 4.69) is 25.3 Å². The number of aromatic nitrogens is 4. The highest BCUT2D eigenvalue weighted by molar-refractivity contribution is 5.85. The summed E-state index contributed by atoms with van der Waals surface area (Å²) in [5, 5.41) is 7.05. The van der Waals surface area contributed by atoms with Crippen molar-refractivity contribution in [3.63, 3.8) is 0 Å². The third kappa shape index (κ3) is 4.47. The summed E-state index contributed by atoms with van der Waals surface area (Å²) in [7, 11) is 1.93. The minimum absolute atomic E-state index is 0. The Morgan fingerprint density at radius 3 is 2.60 bits per heavy atom. The van der Waals surface area contributed by atoms with Crippen LogP contribution >= 0.6 is 24.8 Å². The van der Waals surface area contributed by atoms with Crippen LogP contribution in [0.2, 0.25) is 0 Å². The van der Waals surface area contributed by atoms with E-state index in [9.17, 15) is 8.78 Å². The van der Waals surface area contributed by atoms with Crippen molar-refractivity contribution in [1.29, 1.82) is 0 Å². The van der Waals surface area contributed by atoms with Gasteiger partial charge in [-0.05, 0) is 20.4 Å². The zero-order valence-electron chi connectivity index (χ0n) is 13.8. The summed E-state index contributed by atoms with van der Waals surface area (Å²) in [5.74, 6) is 0.823. The first-order valence-corrected chi connectivity index (χ1v) is 7.39. The lowest BCUT2D eigenvalue weighted by molar-refractivity contribution is 0.0563. The zero-order chi connectivity index (χ0) is 16.6. The van der Waals surface area contributed by atoms with Crippen molar-refractivity contribution in [3.05, 3.63) is 18.0 Å². The standard InChI is InChI=1S/C14H19F2N7.2ClH/c1-8-10(7-23(21-8)13(15)16)11-5-12(20-14(17)19-11)22-4-3-9(6-22)18-2;;/h5,7,9,13,18H,3-4,6H2,1-2H3,(H2,17,19,20);2*1H/t9-;;/m1../s1. The lowest BCUT2D eigenvalue weighted by Gasteiger charge is -2.18. The summed E-state index contributed by atoms with van der Waals surface area (Å²) in [4.78, 5) is 10.6. The zero-order valence-corrected chi connectivity index (χ0v) is 15.4. The number of nitrogen functional groups attached to an aromatic ring is 1. The summed E-state index contributed by atoms with van der Waals surface area (Å²) in [6.45, 7) is 0.660. The fourth-order valence-electron chi connectivity index (χ4n) is 2.79. The topological polar surface area (TPSA) is 84.9 Å². The van der Waals surface area contributed by atoms with E-state index in [1.165, 1.54) is 6.20 Å². The van der Waals surface area contributed by atoms with Gasteiger partial charge in [-0.1, -0.05) is 0 Å². The number of aryl methyl sites for hydroxylation is 1. The average Bonchev–Trinajstić information content (AvgIpc) is 3.13. The third-order valence-corrected chi connectivity index (χ3v) is 4.04. The highest BCUT2D eigenvalue weighted by Crippen LogP contribution is 2.28. The van der Waals surface area contributed by atoms with Gasteiger partial charge >= 0.3 is 6.55 Å². The predicted molar refractivity (Wildman–Crippen MR) is 97.8 cm³/mol. The Hall–Kier alpha value is -1.71. The Labute approximate surface area is 156 Å². The number of nitrogens with zero attached hydrogens (tertiary/aromatic N) is 5. The molecule has 0 bridgehead atoms. The van der Waals surface area contributed by atoms with Gasteiger partial charge < -0.3 is 16.0 Å². The van der Waals surface area contributed by atoms with E-state index in [0.717, 1.165) is 19.5 Å². The molecule has 1 atom stereocenters. The Kier molecular flexibility index (Phi) is 7.33. The second-order valence-electron chi connectivity index (χ2n) is 5.58. The first-order chi connectivity index (χ1) is 11.0. The van der Waals surface area contributed by atoms with Crippen molar-refractivity contribution in [2.45, 2.75) is 25.9 Å². The van der Waals surface area contributed by atoms with E-state index in [4.69, 9.17) is 5.73 Å². The van der Waals surface area contributed by atoms with E-state index in [1.54, 1.807) is 13.0 Å². The van der Waals surface area contributed by atoms with Gasteiger partial charge in [-0.3, -0.25) is 0 Å². The van der Waals surface area contributed by atoms with E-state index in [1.807, 2.05) is 7.05 Å². The number of nitrogens with two attached hydrogens (primary N) is 1. The van der Waals surface area contributed by atoms with Crippen LogP contribution < -0.4 is 16.0 Å². The van der Waals surface area contributed by atoms with Crippen molar-refractivity contribution < 1.29 is 8.78 Å². The van der Waals surface area contributed by atoms with Crippen LogP contribution in [0.5, 0.6) is 0 Å². The average molecular weight is 396 g/mol. The maximum atomic E-state index is 12.8. The number of likely N-dealkylation sites (N-methyl/N-ethyl adjacent to an activating group) is 1. The van der Waals surface area contributed by atoms with Crippen molar-refractivity contribution in [2.75, 3.05) is 30.8 Å². The summed E-state index contributed by atoms with van der Waals surface area (Å²) in [6, 6.07) is 2.17. The summed E-state index contributed by atoms with van der Waals surface area (Å²) >= 11 is 0. The lowest BCUT2D eigenvalue weighted by Crippen LogP contribution is -2.30. The molecule has 140 valence electrons. The maximum absolute atomic E-state index is 12.8. The number of hydrogen-bond acceptors (Lipinski definition) is 6. The molecule has 11 heteroatoms. The molecular weight excluding hydrogens is 375 g/mol. The monoisotopic (exact) mass is 395 g/mol. The van der Waals surface area contributed by atoms with Crippen LogP contribution in [0, 0.1) is 6.92 Å². The van der Waals surface area contributed by atoms with Crippen LogP contribution in [-0.4, -0.2) is 45.9 Å². The van der Waals surface area contributed by atoms with E-state index in [-0.39, 0.29) is 30.8 Å². The molecule has 7 nitrogen and oxygen atoms in total. The number of nitrogens with one attached hydrogen (secondary N) is 1. The fraction of sp³-hybridized carbons (Fsp3) is 0.500. The largest absolute Gasteiger partial charge is 0.368 e. The number of halogens is 4. The Morgan fingerprint density at radius 2 is 2.04 bits per heavy atom. The second-order valence-corrected chi connectivity index (χ2v) is 5.58. The number of rotatable bonds is 4. The molecule has 0 aromatic carbocycles. The molecule has 3 heterocycles. The molecule has 1 aliphatic heterocycles. The molecular formula is C14H21Cl2F2N7. The van der Waals surface area contributed by atoms with Gasteiger partial charge in [0.05, 0.1) is 11.4 Å². The van der Waals surface area contributed by atoms with Gasteiger partial charge in [0.25, 0.3) is 0 Å². The number of hydrogen-bond donors (Lipinski definition) is 2. The quantitative estimate of drug-likeness (QED) is 0.825. The molecule has 2 aromatic heterocycles. The van der Waals surface area contributed by atoms with Gasteiger partial charge in [-0.25, -0.2) is 9.67 Å². The van der Waals surface area contributed by atoms with Crippen molar-refractivity contribution >= 4 is 36.6 Å². The van der Waals surface area contributed by atoms with Crippen molar-refractivity contribution in [3.8, 4) is 11.3 Å². The van der Waals surface area contributed by atoms with Crippen LogP contribution in [-0.2, 0) is 0 Å². The van der Waals surface area contributed by atoms with E-state index < -0.39 is 6.55 Å². The fourth-order valence-corrected chi connectivity index (χ4v) is 2.79. The van der Waals surface area contributed by atoms with E-state index >= 15 is 0 Å². The van der Waals surface area contributed by atoms with Crippen LogP contribution in [0.1, 0.15) is 18.7 Å². The summed E-state index contributed by atoms with van der Waals surface area (Å²) in [5.41, 5.74) is 7.32. The van der Waals surface area contributed by atoms with Crippen LogP contribution in [0.4, 0.5) is 20.5 Å². The molecule has 0 aliphatic carbocycles. The molecule has 1 saturated heterocycles. The van der Waals surface area contributed by atoms with Crippen molar-refractivity contribution in [1.82, 2.24) is 25.1 Å². The molecule has 0 spiro atoms. The predicted octanol–water partition coefficient (Wildman–Crippen LogP) is 2.27. The molecule has 25 heavy (non-hydrogen) atoms. The Balaban J connectivity index is 0.00000156. The minimum Gasteiger partial charge on any atom is -0.368 e. The van der Waals surface area contributed by atoms with Gasteiger partial charge in [0.2, 0.25) is 5.95 Å². The van der Waals surface area contributed by atoms with Gasteiger partial charge in [-0.15, -0.1) is 24.8 Å². The first-order valence-electron chi connectivity index (χ1n) is 7.39. The van der Waals surface area contributed by atoms with Crippen LogP contribution in [0.3, 0.4) is 0 Å². The lowest BCUT2D eigenvalue weighted by atomic mass is 10.2. The summed E-state index contributed by atoms with van der Waals surface area (Å²) < 4.78 is 26.2. The first kappa shape index (κ1) is 21.3. The Morgan fingerprint density at radius 1 is 1.32 bits per heavy atom. The second kappa shape index (κ2) is 8.59. The van der Waals surface area contributed by atoms with Gasteiger partial charge in [0.15, 0.2) is 0 Å². The normalized spacial score (nSPS) is 16.7. The van der Waals surface area contributed by atoms with Crippen LogP contribution in [0.15, 0.2) is 12.3 Å². The minimum atomic E-state index is -2.68. The third-order valence-electron chi connectivity index (χ3n) is 4.04. The van der Waals surface area contributed by atoms with Crippen LogP contribution in [0.25, 0.3) is 11.3 Å². The molecule has 3 rings (SSSR count). The molecule has 0 radical (unpaired) electrons. The van der Waals surface area contributed by atoms with Gasteiger partial charge in [0.1, 0.15) is 5.82 Å². The Bertz CT molecular complexity index is 710. The highest BCUT2D eigenvalue weighted by Gasteiger charge is 2.23. The molecule has 0 unspecified atom stereocenters. The van der Waals surface area contributed by atoms with Crippen molar-refractivity contribution in [2.24, 2.45) is 0 Å². The smallest absolute Gasteiger partial charge is 0.333 e. The molecule has 0 saturated carbocycles. The highest BCUT2D eigenvalue weighted by atomic mass is 35.5. The van der Waals surface area contributed by atoms with Gasteiger partial charge in [0, 0.05) is 37.0 Å².